The van der Waals surface area contributed by atoms with Gasteiger partial charge in [-0.2, -0.15) is 0 Å². The molecule has 264 valence electrons. The Labute approximate surface area is 298 Å². The van der Waals surface area contributed by atoms with Gasteiger partial charge in [0.2, 0.25) is 28.9 Å². The molecule has 13 heteroatoms. The van der Waals surface area contributed by atoms with Crippen LogP contribution in [0.1, 0.15) is 48.2 Å². The van der Waals surface area contributed by atoms with Crippen LogP contribution in [-0.4, -0.2) is 50.6 Å². The monoisotopic (exact) mass is 710 g/mol. The second-order valence-corrected chi connectivity index (χ2v) is 13.0. The number of carbonyl (C=O) groups is 3. The van der Waals surface area contributed by atoms with Crippen molar-refractivity contribution < 1.29 is 33.0 Å². The summed E-state index contributed by atoms with van der Waals surface area (Å²) in [4.78, 5) is 56.9. The molecule has 0 saturated heterocycles. The van der Waals surface area contributed by atoms with Gasteiger partial charge in [-0.3, -0.25) is 19.2 Å². The lowest BCUT2D eigenvalue weighted by Crippen LogP contribution is -2.29. The molecule has 0 fully saturated rings. The molecule has 2 heterocycles. The van der Waals surface area contributed by atoms with E-state index >= 15 is 0 Å². The van der Waals surface area contributed by atoms with Gasteiger partial charge in [-0.05, 0) is 54.7 Å². The molecule has 6 rings (SSSR count). The summed E-state index contributed by atoms with van der Waals surface area (Å²) >= 11 is 1.33. The maximum Gasteiger partial charge on any atom is 0.227 e. The standard InChI is InChI=1S/C38H38N4O8S/c1-20-19-51-38(40-20)42-31(45)13-14-39-32(46)18-27-26-16-25-24(17-29(44)35(26)50-34(27)22-9-7-6-8-10-22)28(41-21(2)43)12-11-23-15-30(47-3)36(48-4)37(49-5)33(23)25/h6-10,15-17,19,28H,11-14,18H2,1-5H3,(H,39,46)(H,41,43)(H,40,42,45). The number of amides is 3. The zero-order valence-electron chi connectivity index (χ0n) is 28.9. The van der Waals surface area contributed by atoms with Gasteiger partial charge in [0, 0.05) is 47.3 Å². The maximum absolute atomic E-state index is 14.1. The van der Waals surface area contributed by atoms with Gasteiger partial charge in [-0.25, -0.2) is 4.98 Å². The molecule has 2 aromatic heterocycles. The summed E-state index contributed by atoms with van der Waals surface area (Å²) in [5.74, 6) is 0.743. The number of fused-ring (bicyclic) bond motifs is 4. The lowest BCUT2D eigenvalue weighted by Gasteiger charge is -2.20. The number of carbonyl (C=O) groups excluding carboxylic acids is 3. The molecule has 1 aliphatic rings. The predicted octanol–water partition coefficient (Wildman–Crippen LogP) is 5.73. The molecular weight excluding hydrogens is 673 g/mol. The van der Waals surface area contributed by atoms with Crippen LogP contribution in [0.4, 0.5) is 5.13 Å². The zero-order valence-corrected chi connectivity index (χ0v) is 29.7. The smallest absolute Gasteiger partial charge is 0.227 e. The van der Waals surface area contributed by atoms with Crippen molar-refractivity contribution in [3.05, 3.63) is 86.5 Å². The van der Waals surface area contributed by atoms with Crippen molar-refractivity contribution >= 4 is 45.2 Å². The van der Waals surface area contributed by atoms with E-state index in [9.17, 15) is 19.2 Å². The van der Waals surface area contributed by atoms with E-state index in [1.54, 1.807) is 7.11 Å². The minimum absolute atomic E-state index is 0.0433. The number of nitrogens with one attached hydrogen (secondary N) is 3. The molecule has 0 spiro atoms. The Morgan fingerprint density at radius 3 is 2.43 bits per heavy atom. The van der Waals surface area contributed by atoms with Crippen molar-refractivity contribution in [1.82, 2.24) is 15.6 Å². The first-order valence-electron chi connectivity index (χ1n) is 16.4. The van der Waals surface area contributed by atoms with Crippen molar-refractivity contribution in [3.8, 4) is 39.7 Å². The summed E-state index contributed by atoms with van der Waals surface area (Å²) in [5, 5.41) is 11.4. The highest BCUT2D eigenvalue weighted by atomic mass is 32.1. The lowest BCUT2D eigenvalue weighted by molar-refractivity contribution is -0.121. The first kappa shape index (κ1) is 35.1. The molecule has 0 saturated carbocycles. The first-order valence-corrected chi connectivity index (χ1v) is 17.3. The largest absolute Gasteiger partial charge is 0.493 e. The Hall–Kier alpha value is -5.69. The van der Waals surface area contributed by atoms with Crippen LogP contribution in [0.5, 0.6) is 17.2 Å². The number of furan rings is 1. The van der Waals surface area contributed by atoms with Crippen molar-refractivity contribution in [2.24, 2.45) is 0 Å². The number of hydrogen-bond acceptors (Lipinski definition) is 10. The number of methoxy groups -OCH3 is 3. The Morgan fingerprint density at radius 1 is 1.00 bits per heavy atom. The van der Waals surface area contributed by atoms with Gasteiger partial charge in [0.25, 0.3) is 0 Å². The fourth-order valence-corrected chi connectivity index (χ4v) is 7.21. The molecule has 3 aromatic carbocycles. The van der Waals surface area contributed by atoms with E-state index < -0.39 is 11.5 Å². The van der Waals surface area contributed by atoms with E-state index in [4.69, 9.17) is 18.6 Å². The summed E-state index contributed by atoms with van der Waals surface area (Å²) in [6, 6.07) is 13.9. The molecule has 1 unspecified atom stereocenters. The molecule has 12 nitrogen and oxygen atoms in total. The highest BCUT2D eigenvalue weighted by molar-refractivity contribution is 7.13. The van der Waals surface area contributed by atoms with Crippen LogP contribution in [0.15, 0.2) is 63.1 Å². The second-order valence-electron chi connectivity index (χ2n) is 12.1. The molecule has 0 aliphatic heterocycles. The normalized spacial score (nSPS) is 13.4. The van der Waals surface area contributed by atoms with E-state index in [0.717, 1.165) is 11.3 Å². The van der Waals surface area contributed by atoms with Crippen LogP contribution < -0.4 is 35.6 Å². The molecular formula is C38H38N4O8S. The molecule has 5 aromatic rings. The fraction of sp³-hybridized carbons (Fsp3) is 0.289. The Kier molecular flexibility index (Phi) is 10.4. The van der Waals surface area contributed by atoms with Crippen LogP contribution in [0.25, 0.3) is 33.4 Å². The minimum atomic E-state index is -0.518. The molecule has 51 heavy (non-hydrogen) atoms. The average molecular weight is 711 g/mol. The Morgan fingerprint density at radius 2 is 1.76 bits per heavy atom. The summed E-state index contributed by atoms with van der Waals surface area (Å²) in [6.45, 7) is 3.36. The number of aryl methyl sites for hydroxylation is 2. The number of aromatic nitrogens is 1. The number of hydrogen-bond donors (Lipinski definition) is 3. The number of nitrogens with zero attached hydrogens (tertiary/aromatic N) is 1. The topological polar surface area (TPSA) is 158 Å². The van der Waals surface area contributed by atoms with E-state index in [1.807, 2.05) is 54.8 Å². The van der Waals surface area contributed by atoms with Gasteiger partial charge in [-0.1, -0.05) is 30.3 Å². The number of thiazole rings is 1. The van der Waals surface area contributed by atoms with Crippen molar-refractivity contribution in [2.45, 2.75) is 45.6 Å². The molecule has 3 N–H and O–H groups in total. The van der Waals surface area contributed by atoms with E-state index in [1.165, 1.54) is 38.5 Å². The Balaban J connectivity index is 1.49. The number of ether oxygens (including phenoxy) is 3. The minimum Gasteiger partial charge on any atom is -0.493 e. The maximum atomic E-state index is 14.1. The SMILES string of the molecule is COc1cc2c(c(OC)c1OC)-c1cc3c(CC(=O)NCCC(=O)Nc4nc(C)cs4)c(-c4ccccc4)oc3c(=O)cc1C(NC(C)=O)CC2. The summed E-state index contributed by atoms with van der Waals surface area (Å²) in [7, 11) is 4.60. The van der Waals surface area contributed by atoms with Gasteiger partial charge in [-0.15, -0.1) is 11.3 Å². The van der Waals surface area contributed by atoms with Gasteiger partial charge >= 0.3 is 0 Å². The van der Waals surface area contributed by atoms with Gasteiger partial charge in [0.05, 0.1) is 39.5 Å². The third-order valence-corrected chi connectivity index (χ3v) is 9.58. The summed E-state index contributed by atoms with van der Waals surface area (Å²) < 4.78 is 23.7. The molecule has 0 bridgehead atoms. The molecule has 0 radical (unpaired) electrons. The van der Waals surface area contributed by atoms with E-state index in [0.29, 0.717) is 74.2 Å². The van der Waals surface area contributed by atoms with Crippen LogP contribution >= 0.6 is 11.3 Å². The quantitative estimate of drug-likeness (QED) is 0.156. The highest BCUT2D eigenvalue weighted by Crippen LogP contribution is 2.51. The van der Waals surface area contributed by atoms with Crippen LogP contribution in [0.3, 0.4) is 0 Å². The van der Waals surface area contributed by atoms with Gasteiger partial charge < -0.3 is 34.6 Å². The fourth-order valence-electron chi connectivity index (χ4n) is 6.51. The van der Waals surface area contributed by atoms with Gasteiger partial charge in [0.1, 0.15) is 5.76 Å². The van der Waals surface area contributed by atoms with Crippen LogP contribution in [0.2, 0.25) is 0 Å². The number of anilines is 1. The molecule has 1 atom stereocenters. The average Bonchev–Trinajstić information content (AvgIpc) is 3.60. The van der Waals surface area contributed by atoms with Crippen molar-refractivity contribution in [2.75, 3.05) is 33.2 Å². The van der Waals surface area contributed by atoms with Crippen LogP contribution in [0, 0.1) is 6.92 Å². The third kappa shape index (κ3) is 7.29. The lowest BCUT2D eigenvalue weighted by atomic mass is 9.94. The Bertz CT molecular complexity index is 2190. The predicted molar refractivity (Wildman–Crippen MR) is 195 cm³/mol. The van der Waals surface area contributed by atoms with Crippen molar-refractivity contribution in [1.29, 1.82) is 0 Å². The second kappa shape index (κ2) is 15.1. The molecule has 3 amide bonds. The third-order valence-electron chi connectivity index (χ3n) is 8.71. The number of rotatable bonds is 11. The van der Waals surface area contributed by atoms with Crippen LogP contribution in [-0.2, 0) is 27.2 Å². The highest BCUT2D eigenvalue weighted by Gasteiger charge is 2.31. The number of benzene rings is 2. The zero-order chi connectivity index (χ0) is 36.2. The van der Waals surface area contributed by atoms with Gasteiger partial charge in [0.15, 0.2) is 22.2 Å². The van der Waals surface area contributed by atoms with Crippen molar-refractivity contribution in [3.63, 3.8) is 0 Å². The summed E-state index contributed by atoms with van der Waals surface area (Å²) in [6.07, 6.45) is 0.914. The summed E-state index contributed by atoms with van der Waals surface area (Å²) in [5.41, 5.74) is 4.36. The van der Waals surface area contributed by atoms with E-state index in [2.05, 4.69) is 20.9 Å². The first-order chi connectivity index (χ1) is 24.6. The molecule has 1 aliphatic carbocycles. The van der Waals surface area contributed by atoms with E-state index in [-0.39, 0.29) is 42.7 Å².